The van der Waals surface area contributed by atoms with Gasteiger partial charge in [-0.3, -0.25) is 0 Å². The van der Waals surface area contributed by atoms with E-state index in [-0.39, 0.29) is 0 Å². The van der Waals surface area contributed by atoms with Crippen molar-refractivity contribution in [1.29, 1.82) is 0 Å². The maximum Gasteiger partial charge on any atom is 0.382 e. The summed E-state index contributed by atoms with van der Waals surface area (Å²) in [5.41, 5.74) is -25.7. The summed E-state index contributed by atoms with van der Waals surface area (Å²) in [6, 6.07) is -23.9. The minimum Gasteiger partial charge on any atom is -0.228 e. The fraction of sp³-hybridized carbons (Fsp3) is 1.00. The second-order valence-electron chi connectivity index (χ2n) is 6.81. The molecule has 0 aromatic carbocycles. The van der Waals surface area contributed by atoms with Gasteiger partial charge < -0.3 is 0 Å². The average molecular weight is 507 g/mol. The Morgan fingerprint density at radius 2 is 0.516 bits per heavy atom. The van der Waals surface area contributed by atoms with E-state index in [1.807, 2.05) is 0 Å². The van der Waals surface area contributed by atoms with Crippen LogP contribution in [0.3, 0.4) is 0 Å². The summed E-state index contributed by atoms with van der Waals surface area (Å²) >= 11 is 0. The lowest BCUT2D eigenvalue weighted by Gasteiger charge is -2.63. The minimum atomic E-state index is -8.78. The van der Waals surface area contributed by atoms with Gasteiger partial charge >= 0.3 is 59.1 Å². The summed E-state index contributed by atoms with van der Waals surface area (Å²) in [5, 5.41) is 0. The zero-order chi connectivity index (χ0) is 25.1. The molecule has 1 saturated carbocycles. The molecule has 4 atom stereocenters. The van der Waals surface area contributed by atoms with Crippen LogP contribution >= 0.6 is 0 Å². The number of alkyl halides is 19. The van der Waals surface area contributed by atoms with Gasteiger partial charge in [-0.2, -0.15) is 70.2 Å². The van der Waals surface area contributed by atoms with Crippen LogP contribution in [0.1, 0.15) is 0 Å². The van der Waals surface area contributed by atoms with E-state index in [9.17, 15) is 83.4 Å². The maximum atomic E-state index is 14.8. The van der Waals surface area contributed by atoms with Crippen LogP contribution in [0.15, 0.2) is 0 Å². The highest BCUT2D eigenvalue weighted by atomic mass is 19.4. The van der Waals surface area contributed by atoms with Crippen LogP contribution in [-0.4, -0.2) is 69.7 Å². The van der Waals surface area contributed by atoms with Crippen LogP contribution in [0.25, 0.3) is 0 Å². The second-order valence-corrected chi connectivity index (χ2v) is 6.81. The van der Waals surface area contributed by atoms with Crippen molar-refractivity contribution in [1.82, 2.24) is 4.90 Å². The van der Waals surface area contributed by atoms with Gasteiger partial charge in [0, 0.05) is 0 Å². The molecule has 20 heteroatoms. The summed E-state index contributed by atoms with van der Waals surface area (Å²) < 4.78 is 263. The summed E-state index contributed by atoms with van der Waals surface area (Å²) in [5.74, 6) is -41.8. The Morgan fingerprint density at radius 3 is 0.839 bits per heavy atom. The van der Waals surface area contributed by atoms with Gasteiger partial charge in [0.05, 0.1) is 0 Å². The van der Waals surface area contributed by atoms with Crippen molar-refractivity contribution in [3.63, 3.8) is 0 Å². The molecule has 3 rings (SSSR count). The lowest BCUT2D eigenvalue weighted by atomic mass is 9.56. The molecule has 182 valence electrons. The second kappa shape index (κ2) is 4.78. The van der Waals surface area contributed by atoms with Crippen LogP contribution in [0.4, 0.5) is 83.4 Å². The highest BCUT2D eigenvalue weighted by Crippen LogP contribution is 2.84. The number of halogens is 19. The third kappa shape index (κ3) is 1.52. The highest BCUT2D eigenvalue weighted by molar-refractivity contribution is 5.46. The molecule has 0 spiro atoms. The van der Waals surface area contributed by atoms with Crippen molar-refractivity contribution >= 4 is 0 Å². The molecule has 0 aromatic rings. The topological polar surface area (TPSA) is 3.24 Å². The Balaban J connectivity index is 2.71. The highest BCUT2D eigenvalue weighted by Gasteiger charge is 3.18. The Kier molecular flexibility index (Phi) is 3.74. The quantitative estimate of drug-likeness (QED) is 0.314. The first-order valence-corrected chi connectivity index (χ1v) is 7.01. The Morgan fingerprint density at radius 1 is 0.258 bits per heavy atom. The van der Waals surface area contributed by atoms with E-state index in [0.29, 0.717) is 0 Å². The zero-order valence-electron chi connectivity index (χ0n) is 13.1. The number of hydrogen-bond donors (Lipinski definition) is 0. The third-order valence-corrected chi connectivity index (χ3v) is 5.48. The molecule has 2 bridgehead atoms. The maximum absolute atomic E-state index is 14.8. The van der Waals surface area contributed by atoms with E-state index in [1.165, 1.54) is 0 Å². The molecule has 1 aliphatic carbocycles. The van der Waals surface area contributed by atoms with Crippen LogP contribution < -0.4 is 0 Å². The number of fused-ring (bicyclic) bond motifs is 4. The number of rotatable bonds is 0. The Hall–Kier alpha value is -1.37. The van der Waals surface area contributed by atoms with Crippen molar-refractivity contribution in [3.05, 3.63) is 0 Å². The molecule has 2 heterocycles. The van der Waals surface area contributed by atoms with Gasteiger partial charge in [-0.05, 0) is 0 Å². The van der Waals surface area contributed by atoms with Crippen molar-refractivity contribution in [3.8, 4) is 0 Å². The smallest absolute Gasteiger partial charge is 0.228 e. The van der Waals surface area contributed by atoms with Gasteiger partial charge in [-0.15, -0.1) is 4.90 Å². The molecule has 2 aliphatic heterocycles. The average Bonchev–Trinajstić information content (AvgIpc) is 2.62. The third-order valence-electron chi connectivity index (χ3n) is 5.48. The van der Waals surface area contributed by atoms with Crippen molar-refractivity contribution < 1.29 is 83.4 Å². The lowest BCUT2D eigenvalue weighted by molar-refractivity contribution is -0.546. The van der Waals surface area contributed by atoms with Crippen LogP contribution in [0.5, 0.6) is 0 Å². The first-order chi connectivity index (χ1) is 13.1. The predicted octanol–water partition coefficient (Wildman–Crippen LogP) is 5.41. The van der Waals surface area contributed by atoms with E-state index in [0.717, 1.165) is 0 Å². The van der Waals surface area contributed by atoms with E-state index in [4.69, 9.17) is 0 Å². The summed E-state index contributed by atoms with van der Waals surface area (Å²) in [4.78, 5) is -4.14. The molecular weight excluding hydrogens is 507 g/mol. The van der Waals surface area contributed by atoms with E-state index in [2.05, 4.69) is 0 Å². The molecule has 0 N–H and O–H groups in total. The van der Waals surface area contributed by atoms with E-state index < -0.39 is 69.7 Å². The van der Waals surface area contributed by atoms with Gasteiger partial charge in [0.25, 0.3) is 5.67 Å². The minimum absolute atomic E-state index is 4.14. The van der Waals surface area contributed by atoms with Gasteiger partial charge in [0.15, 0.2) is 0 Å². The monoisotopic (exact) mass is 507 g/mol. The van der Waals surface area contributed by atoms with Crippen LogP contribution in [-0.2, 0) is 0 Å². The molecule has 1 nitrogen and oxygen atoms in total. The van der Waals surface area contributed by atoms with Crippen molar-refractivity contribution in [2.45, 2.75) is 64.8 Å². The lowest BCUT2D eigenvalue weighted by Crippen LogP contribution is -2.98. The summed E-state index contributed by atoms with van der Waals surface area (Å²) in [6.45, 7) is 0. The molecule has 3 aliphatic rings. The molecule has 0 amide bonds. The largest absolute Gasteiger partial charge is 0.382 e. The van der Waals surface area contributed by atoms with E-state index in [1.54, 1.807) is 0 Å². The SMILES string of the molecule is FC1(F)N2C(F)(F)C(F)(C1(F)F)C1(F)C(F)(F)C(F)(F)C(F)(F)C(F)(F)C1(F)C2(F)F. The Labute approximate surface area is 154 Å². The molecule has 31 heavy (non-hydrogen) atoms. The first-order valence-electron chi connectivity index (χ1n) is 7.01. The van der Waals surface area contributed by atoms with Crippen molar-refractivity contribution in [2.24, 2.45) is 0 Å². The van der Waals surface area contributed by atoms with Gasteiger partial charge in [-0.25, -0.2) is 13.2 Å². The predicted molar refractivity (Wildman–Crippen MR) is 52.9 cm³/mol. The van der Waals surface area contributed by atoms with Gasteiger partial charge in [0.1, 0.15) is 0 Å². The normalized spacial score (nSPS) is 48.7. The first kappa shape index (κ1) is 24.3. The summed E-state index contributed by atoms with van der Waals surface area (Å²) in [7, 11) is 0. The number of hydrogen-bond acceptors (Lipinski definition) is 1. The zero-order valence-corrected chi connectivity index (χ0v) is 13.1. The molecule has 4 unspecified atom stereocenters. The molecule has 0 aromatic heterocycles. The van der Waals surface area contributed by atoms with E-state index >= 15 is 0 Å². The van der Waals surface area contributed by atoms with Gasteiger partial charge in [-0.1, -0.05) is 0 Å². The summed E-state index contributed by atoms with van der Waals surface area (Å²) in [6.07, 6.45) is 0. The molecule has 3 fully saturated rings. The Bertz CT molecular complexity index is 846. The number of nitrogens with zero attached hydrogens (tertiary/aromatic N) is 1. The number of piperidine rings is 1. The van der Waals surface area contributed by atoms with Gasteiger partial charge in [0.2, 0.25) is 0 Å². The van der Waals surface area contributed by atoms with Crippen LogP contribution in [0.2, 0.25) is 0 Å². The fourth-order valence-electron chi connectivity index (χ4n) is 3.91. The molecular formula is C11F19N. The molecule has 0 radical (unpaired) electrons. The molecule has 2 saturated heterocycles. The fourth-order valence-corrected chi connectivity index (χ4v) is 3.91. The van der Waals surface area contributed by atoms with Crippen molar-refractivity contribution in [2.75, 3.05) is 0 Å². The standard InChI is InChI=1S/C11F19N/c12-1-2(13,5(17,18)8(23,24)7(21,22)4(1,15)16)9(25,26)31-10(27,28)3(1,14)6(19,20)11(31,29)30. The van der Waals surface area contributed by atoms with Crippen LogP contribution in [0, 0.1) is 0 Å².